The maximum absolute atomic E-state index is 12.6. The van der Waals surface area contributed by atoms with Crippen molar-refractivity contribution in [3.05, 3.63) is 17.8 Å². The van der Waals surface area contributed by atoms with Gasteiger partial charge in [-0.25, -0.2) is 0 Å². The fourth-order valence-electron chi connectivity index (χ4n) is 2.52. The summed E-state index contributed by atoms with van der Waals surface area (Å²) >= 11 is 0. The zero-order valence-corrected chi connectivity index (χ0v) is 15.0. The molecule has 8 heteroatoms. The third-order valence-corrected chi connectivity index (χ3v) is 3.90. The summed E-state index contributed by atoms with van der Waals surface area (Å²) in [5.74, 6) is 0.897. The van der Waals surface area contributed by atoms with Crippen LogP contribution in [0.1, 0.15) is 16.9 Å². The number of nitrogens with one attached hydrogen (secondary N) is 1. The number of H-pyrrole nitrogens is 1. The van der Waals surface area contributed by atoms with Crippen molar-refractivity contribution in [2.75, 3.05) is 42.0 Å². The number of rotatable bonds is 7. The number of benzene rings is 1. The number of carbonyl (C=O) groups excluding carboxylic acids is 2. The molecule has 0 aliphatic heterocycles. The van der Waals surface area contributed by atoms with Crippen LogP contribution < -0.4 is 14.2 Å². The Bertz CT molecular complexity index is 783. The van der Waals surface area contributed by atoms with E-state index in [4.69, 9.17) is 14.2 Å². The summed E-state index contributed by atoms with van der Waals surface area (Å²) in [6.07, 6.45) is 0.124. The van der Waals surface area contributed by atoms with Gasteiger partial charge in [0, 0.05) is 25.0 Å². The monoisotopic (exact) mass is 350 g/mol. The summed E-state index contributed by atoms with van der Waals surface area (Å²) in [5.41, 5.74) is 0.954. The first-order valence-electron chi connectivity index (χ1n) is 7.60. The molecule has 2 rings (SSSR count). The topological polar surface area (TPSA) is 90.1 Å². The molecule has 0 aliphatic carbocycles. The minimum Gasteiger partial charge on any atom is -0.496 e. The fraction of sp³-hybridized carbons (Fsp3) is 0.412. The first-order chi connectivity index (χ1) is 12.0. The van der Waals surface area contributed by atoms with E-state index in [0.717, 1.165) is 0 Å². The predicted octanol–water partition coefficient (Wildman–Crippen LogP) is 1.83. The quantitative estimate of drug-likeness (QED) is 0.766. The zero-order valence-electron chi connectivity index (χ0n) is 15.0. The van der Waals surface area contributed by atoms with Gasteiger partial charge in [-0.15, -0.1) is 0 Å². The molecule has 1 aromatic heterocycles. The van der Waals surface area contributed by atoms with Gasteiger partial charge < -0.3 is 28.8 Å². The van der Waals surface area contributed by atoms with Crippen LogP contribution in [0.2, 0.25) is 0 Å². The number of aromatic amines is 1. The Kier molecular flexibility index (Phi) is 5.74. The standard InChI is InChI=1S/C17H22N2O6/c1-19(7-6-14(20)24-4)17(21)11-8-10-12(22-2)9-13(23-3)16(25-5)15(10)18-11/h8-9,18H,6-7H2,1-5H3. The van der Waals surface area contributed by atoms with E-state index in [2.05, 4.69) is 9.72 Å². The zero-order chi connectivity index (χ0) is 18.6. The Balaban J connectivity index is 2.39. The molecule has 1 amide bonds. The molecule has 1 aromatic carbocycles. The number of hydrogen-bond acceptors (Lipinski definition) is 6. The Morgan fingerprint density at radius 2 is 1.72 bits per heavy atom. The largest absolute Gasteiger partial charge is 0.496 e. The number of ether oxygens (including phenoxy) is 4. The highest BCUT2D eigenvalue weighted by Crippen LogP contribution is 2.41. The molecule has 25 heavy (non-hydrogen) atoms. The van der Waals surface area contributed by atoms with Crippen molar-refractivity contribution in [1.29, 1.82) is 0 Å². The molecule has 0 unspecified atom stereocenters. The van der Waals surface area contributed by atoms with Gasteiger partial charge in [0.05, 0.1) is 40.4 Å². The molecule has 8 nitrogen and oxygen atoms in total. The molecular weight excluding hydrogens is 328 g/mol. The van der Waals surface area contributed by atoms with Gasteiger partial charge in [-0.1, -0.05) is 0 Å². The SMILES string of the molecule is COC(=O)CCN(C)C(=O)c1cc2c(OC)cc(OC)c(OC)c2[nH]1. The van der Waals surface area contributed by atoms with E-state index >= 15 is 0 Å². The maximum atomic E-state index is 12.6. The van der Waals surface area contributed by atoms with Crippen molar-refractivity contribution < 1.29 is 28.5 Å². The van der Waals surface area contributed by atoms with E-state index in [-0.39, 0.29) is 24.8 Å². The van der Waals surface area contributed by atoms with Crippen LogP contribution in [-0.2, 0) is 9.53 Å². The van der Waals surface area contributed by atoms with Crippen molar-refractivity contribution in [3.63, 3.8) is 0 Å². The first-order valence-corrected chi connectivity index (χ1v) is 7.60. The van der Waals surface area contributed by atoms with Crippen LogP contribution in [0.15, 0.2) is 12.1 Å². The average molecular weight is 350 g/mol. The van der Waals surface area contributed by atoms with Gasteiger partial charge in [0.25, 0.3) is 5.91 Å². The third-order valence-electron chi connectivity index (χ3n) is 3.90. The molecule has 0 aliphatic rings. The van der Waals surface area contributed by atoms with Crippen LogP contribution in [0, 0.1) is 0 Å². The van der Waals surface area contributed by atoms with Gasteiger partial charge in [-0.2, -0.15) is 0 Å². The number of hydrogen-bond donors (Lipinski definition) is 1. The number of amides is 1. The molecule has 0 spiro atoms. The molecule has 0 saturated heterocycles. The first kappa shape index (κ1) is 18.4. The second-order valence-corrected chi connectivity index (χ2v) is 5.34. The Hall–Kier alpha value is -2.90. The van der Waals surface area contributed by atoms with Crippen LogP contribution in [0.25, 0.3) is 10.9 Å². The van der Waals surface area contributed by atoms with E-state index in [1.165, 1.54) is 33.3 Å². The van der Waals surface area contributed by atoms with Gasteiger partial charge in [0.2, 0.25) is 0 Å². The highest BCUT2D eigenvalue weighted by Gasteiger charge is 2.21. The number of aromatic nitrogens is 1. The molecule has 0 radical (unpaired) electrons. The number of fused-ring (bicyclic) bond motifs is 1. The fourth-order valence-corrected chi connectivity index (χ4v) is 2.52. The number of methoxy groups -OCH3 is 4. The second kappa shape index (κ2) is 7.78. The number of nitrogens with zero attached hydrogens (tertiary/aromatic N) is 1. The van der Waals surface area contributed by atoms with E-state index in [1.54, 1.807) is 19.2 Å². The van der Waals surface area contributed by atoms with E-state index in [9.17, 15) is 9.59 Å². The molecule has 0 bridgehead atoms. The minimum absolute atomic E-state index is 0.124. The summed E-state index contributed by atoms with van der Waals surface area (Å²) < 4.78 is 20.7. The van der Waals surface area contributed by atoms with Crippen molar-refractivity contribution in [2.45, 2.75) is 6.42 Å². The summed E-state index contributed by atoms with van der Waals surface area (Å²) in [7, 11) is 7.52. The summed E-state index contributed by atoms with van der Waals surface area (Å²) in [6.45, 7) is 0.248. The van der Waals surface area contributed by atoms with Crippen molar-refractivity contribution >= 4 is 22.8 Å². The summed E-state index contributed by atoms with van der Waals surface area (Å²) in [4.78, 5) is 28.3. The predicted molar refractivity (Wildman–Crippen MR) is 91.5 cm³/mol. The Labute approximate surface area is 145 Å². The van der Waals surface area contributed by atoms with Crippen LogP contribution in [-0.4, -0.2) is 63.8 Å². The van der Waals surface area contributed by atoms with Gasteiger partial charge in [0.15, 0.2) is 11.5 Å². The molecule has 0 saturated carbocycles. The highest BCUT2D eigenvalue weighted by molar-refractivity contribution is 6.02. The molecule has 1 N–H and O–H groups in total. The van der Waals surface area contributed by atoms with E-state index in [0.29, 0.717) is 33.8 Å². The smallest absolute Gasteiger partial charge is 0.307 e. The average Bonchev–Trinajstić information content (AvgIpc) is 3.08. The van der Waals surface area contributed by atoms with Gasteiger partial charge in [-0.3, -0.25) is 9.59 Å². The van der Waals surface area contributed by atoms with E-state index < -0.39 is 0 Å². The lowest BCUT2D eigenvalue weighted by atomic mass is 10.2. The lowest BCUT2D eigenvalue weighted by molar-refractivity contribution is -0.140. The summed E-state index contributed by atoms with van der Waals surface area (Å²) in [6, 6.07) is 3.39. The van der Waals surface area contributed by atoms with Gasteiger partial charge >= 0.3 is 5.97 Å². The lowest BCUT2D eigenvalue weighted by Gasteiger charge is -2.15. The molecular formula is C17H22N2O6. The van der Waals surface area contributed by atoms with Crippen LogP contribution in [0.5, 0.6) is 17.2 Å². The summed E-state index contributed by atoms with van der Waals surface area (Å²) in [5, 5.41) is 0.699. The third kappa shape index (κ3) is 3.62. The second-order valence-electron chi connectivity index (χ2n) is 5.34. The van der Waals surface area contributed by atoms with Crippen molar-refractivity contribution in [1.82, 2.24) is 9.88 Å². The molecule has 0 atom stereocenters. The number of esters is 1. The normalized spacial score (nSPS) is 10.4. The van der Waals surface area contributed by atoms with Crippen LogP contribution in [0.4, 0.5) is 0 Å². The molecule has 136 valence electrons. The van der Waals surface area contributed by atoms with Crippen molar-refractivity contribution in [3.8, 4) is 17.2 Å². The molecule has 1 heterocycles. The molecule has 2 aromatic rings. The Morgan fingerprint density at radius 1 is 1.04 bits per heavy atom. The number of carbonyl (C=O) groups is 2. The van der Waals surface area contributed by atoms with Crippen LogP contribution >= 0.6 is 0 Å². The lowest BCUT2D eigenvalue weighted by Crippen LogP contribution is -2.29. The maximum Gasteiger partial charge on any atom is 0.307 e. The van der Waals surface area contributed by atoms with Gasteiger partial charge in [-0.05, 0) is 6.07 Å². The minimum atomic E-state index is -0.371. The highest BCUT2D eigenvalue weighted by atomic mass is 16.5. The van der Waals surface area contributed by atoms with Gasteiger partial charge in [0.1, 0.15) is 11.4 Å². The van der Waals surface area contributed by atoms with Crippen molar-refractivity contribution in [2.24, 2.45) is 0 Å². The Morgan fingerprint density at radius 3 is 2.28 bits per heavy atom. The van der Waals surface area contributed by atoms with Crippen LogP contribution in [0.3, 0.4) is 0 Å². The van der Waals surface area contributed by atoms with E-state index in [1.807, 2.05) is 0 Å². The molecule has 0 fully saturated rings.